The van der Waals surface area contributed by atoms with Crippen LogP contribution in [0.15, 0.2) is 72.8 Å². The Bertz CT molecular complexity index is 1120. The predicted octanol–water partition coefficient (Wildman–Crippen LogP) is 4.27. The van der Waals surface area contributed by atoms with E-state index in [1.165, 1.54) is 18.2 Å². The number of carbonyl (C=O) groups is 2. The Kier molecular flexibility index (Phi) is 6.35. The molecule has 0 aliphatic carbocycles. The van der Waals surface area contributed by atoms with Crippen molar-refractivity contribution in [2.75, 3.05) is 18.5 Å². The van der Waals surface area contributed by atoms with Crippen molar-refractivity contribution in [2.24, 2.45) is 0 Å². The number of rotatable bonds is 6. The quantitative estimate of drug-likeness (QED) is 0.629. The van der Waals surface area contributed by atoms with Crippen LogP contribution in [0.5, 0.6) is 11.5 Å². The number of nitrogens with zero attached hydrogens (tertiary/aromatic N) is 1. The second-order valence-corrected chi connectivity index (χ2v) is 7.44. The summed E-state index contributed by atoms with van der Waals surface area (Å²) in [7, 11) is 0. The number of anilines is 1. The summed E-state index contributed by atoms with van der Waals surface area (Å²) in [4.78, 5) is 26.9. The van der Waals surface area contributed by atoms with Crippen LogP contribution in [0.1, 0.15) is 22.8 Å². The second kappa shape index (κ2) is 9.51. The number of carbonyl (C=O) groups excluding carboxylic acids is 2. The smallest absolute Gasteiger partial charge is 0.263 e. The SMILES string of the molecule is C[C@H]1Oc2ccc(NC(=O)c3ccccc3F)cc2CN(CCOc2ccccc2)C1=O. The van der Waals surface area contributed by atoms with Crippen LogP contribution in [0.4, 0.5) is 10.1 Å². The number of hydrogen-bond acceptors (Lipinski definition) is 4. The normalized spacial score (nSPS) is 15.4. The second-order valence-electron chi connectivity index (χ2n) is 7.44. The van der Waals surface area contributed by atoms with Gasteiger partial charge in [0.1, 0.15) is 23.9 Å². The molecule has 6 nitrogen and oxygen atoms in total. The Morgan fingerprint density at radius 2 is 1.88 bits per heavy atom. The number of para-hydroxylation sites is 1. The van der Waals surface area contributed by atoms with E-state index in [0.29, 0.717) is 31.1 Å². The van der Waals surface area contributed by atoms with Gasteiger partial charge in [-0.05, 0) is 49.4 Å². The average molecular weight is 434 g/mol. The zero-order valence-corrected chi connectivity index (χ0v) is 17.6. The van der Waals surface area contributed by atoms with E-state index >= 15 is 0 Å². The molecule has 0 saturated carbocycles. The third kappa shape index (κ3) is 4.88. The predicted molar refractivity (Wildman–Crippen MR) is 118 cm³/mol. The average Bonchev–Trinajstić information content (AvgIpc) is 2.91. The monoisotopic (exact) mass is 434 g/mol. The van der Waals surface area contributed by atoms with Gasteiger partial charge in [-0.3, -0.25) is 9.59 Å². The highest BCUT2D eigenvalue weighted by atomic mass is 19.1. The molecule has 1 heterocycles. The summed E-state index contributed by atoms with van der Waals surface area (Å²) < 4.78 is 25.5. The van der Waals surface area contributed by atoms with Crippen LogP contribution in [-0.2, 0) is 11.3 Å². The van der Waals surface area contributed by atoms with Crippen LogP contribution in [0.3, 0.4) is 0 Å². The van der Waals surface area contributed by atoms with Crippen LogP contribution in [-0.4, -0.2) is 36.0 Å². The van der Waals surface area contributed by atoms with Crippen molar-refractivity contribution in [3.05, 3.63) is 89.7 Å². The summed E-state index contributed by atoms with van der Waals surface area (Å²) in [5, 5.41) is 2.71. The molecule has 1 aliphatic rings. The lowest BCUT2D eigenvalue weighted by atomic mass is 10.1. The fourth-order valence-electron chi connectivity index (χ4n) is 3.50. The number of amides is 2. The first-order valence-corrected chi connectivity index (χ1v) is 10.3. The van der Waals surface area contributed by atoms with Crippen molar-refractivity contribution in [1.29, 1.82) is 0 Å². The van der Waals surface area contributed by atoms with Gasteiger partial charge < -0.3 is 19.7 Å². The molecule has 164 valence electrons. The summed E-state index contributed by atoms with van der Waals surface area (Å²) >= 11 is 0. The Morgan fingerprint density at radius 3 is 2.66 bits per heavy atom. The molecule has 2 amide bonds. The number of ether oxygens (including phenoxy) is 2. The number of fused-ring (bicyclic) bond motifs is 1. The molecule has 0 saturated heterocycles. The summed E-state index contributed by atoms with van der Waals surface area (Å²) in [6.07, 6.45) is -0.646. The summed E-state index contributed by atoms with van der Waals surface area (Å²) in [5.74, 6) is 0.0240. The van der Waals surface area contributed by atoms with Gasteiger partial charge in [0.2, 0.25) is 0 Å². The Balaban J connectivity index is 1.47. The highest BCUT2D eigenvalue weighted by molar-refractivity contribution is 6.04. The Hall–Kier alpha value is -3.87. The minimum Gasteiger partial charge on any atom is -0.492 e. The van der Waals surface area contributed by atoms with Gasteiger partial charge in [0.05, 0.1) is 12.1 Å². The molecular weight excluding hydrogens is 411 g/mol. The molecule has 0 fully saturated rings. The maximum absolute atomic E-state index is 13.9. The number of hydrogen-bond donors (Lipinski definition) is 1. The zero-order valence-electron chi connectivity index (χ0n) is 17.6. The molecule has 0 unspecified atom stereocenters. The maximum atomic E-state index is 13.9. The molecule has 4 rings (SSSR count). The van der Waals surface area contributed by atoms with Crippen LogP contribution < -0.4 is 14.8 Å². The molecule has 0 bridgehead atoms. The third-order valence-electron chi connectivity index (χ3n) is 5.13. The topological polar surface area (TPSA) is 67.9 Å². The van der Waals surface area contributed by atoms with E-state index < -0.39 is 17.8 Å². The van der Waals surface area contributed by atoms with Crippen molar-refractivity contribution >= 4 is 17.5 Å². The Labute approximate surface area is 185 Å². The van der Waals surface area contributed by atoms with Gasteiger partial charge in [0, 0.05) is 17.8 Å². The van der Waals surface area contributed by atoms with Gasteiger partial charge in [0.15, 0.2) is 6.10 Å². The van der Waals surface area contributed by atoms with Gasteiger partial charge in [-0.25, -0.2) is 4.39 Å². The molecule has 1 aliphatic heterocycles. The van der Waals surface area contributed by atoms with Gasteiger partial charge in [-0.15, -0.1) is 0 Å². The van der Waals surface area contributed by atoms with E-state index in [4.69, 9.17) is 9.47 Å². The van der Waals surface area contributed by atoms with E-state index in [0.717, 1.165) is 11.3 Å². The van der Waals surface area contributed by atoms with Gasteiger partial charge in [-0.1, -0.05) is 30.3 Å². The first kappa shape index (κ1) is 21.4. The fourth-order valence-corrected chi connectivity index (χ4v) is 3.50. The van der Waals surface area contributed by atoms with Crippen LogP contribution >= 0.6 is 0 Å². The zero-order chi connectivity index (χ0) is 22.5. The summed E-state index contributed by atoms with van der Waals surface area (Å²) in [5.41, 5.74) is 1.19. The summed E-state index contributed by atoms with van der Waals surface area (Å²) in [6.45, 7) is 2.73. The molecule has 3 aromatic rings. The minimum absolute atomic E-state index is 0.0396. The molecule has 3 aromatic carbocycles. The molecule has 32 heavy (non-hydrogen) atoms. The van der Waals surface area contributed by atoms with Gasteiger partial charge in [0.25, 0.3) is 11.8 Å². The van der Waals surface area contributed by atoms with Crippen molar-refractivity contribution in [3.8, 4) is 11.5 Å². The molecule has 0 spiro atoms. The lowest BCUT2D eigenvalue weighted by Crippen LogP contribution is -2.40. The maximum Gasteiger partial charge on any atom is 0.263 e. The van der Waals surface area contributed by atoms with E-state index in [-0.39, 0.29) is 11.5 Å². The van der Waals surface area contributed by atoms with Gasteiger partial charge in [-0.2, -0.15) is 0 Å². The molecule has 0 aromatic heterocycles. The van der Waals surface area contributed by atoms with Crippen LogP contribution in [0, 0.1) is 5.82 Å². The standard InChI is InChI=1S/C25H23FN2O4/c1-17-25(30)28(13-14-31-20-7-3-2-4-8-20)16-18-15-19(11-12-23(18)32-17)27-24(29)21-9-5-6-10-22(21)26/h2-12,15,17H,13-14,16H2,1H3,(H,27,29)/t17-/m1/s1. The Morgan fingerprint density at radius 1 is 1.12 bits per heavy atom. The largest absolute Gasteiger partial charge is 0.492 e. The van der Waals surface area contributed by atoms with Crippen LogP contribution in [0.25, 0.3) is 0 Å². The first-order chi connectivity index (χ1) is 15.5. The van der Waals surface area contributed by atoms with Crippen LogP contribution in [0.2, 0.25) is 0 Å². The fraction of sp³-hybridized carbons (Fsp3) is 0.200. The van der Waals surface area contributed by atoms with Gasteiger partial charge >= 0.3 is 0 Å². The molecule has 1 atom stereocenters. The highest BCUT2D eigenvalue weighted by Gasteiger charge is 2.28. The third-order valence-corrected chi connectivity index (χ3v) is 5.13. The lowest BCUT2D eigenvalue weighted by molar-refractivity contribution is -0.138. The van der Waals surface area contributed by atoms with Crippen molar-refractivity contribution < 1.29 is 23.5 Å². The molecule has 7 heteroatoms. The van der Waals surface area contributed by atoms with E-state index in [9.17, 15) is 14.0 Å². The van der Waals surface area contributed by atoms with Crippen molar-refractivity contribution in [1.82, 2.24) is 4.90 Å². The highest BCUT2D eigenvalue weighted by Crippen LogP contribution is 2.29. The minimum atomic E-state index is -0.646. The first-order valence-electron chi connectivity index (χ1n) is 10.3. The van der Waals surface area contributed by atoms with E-state index in [1.807, 2.05) is 30.3 Å². The lowest BCUT2D eigenvalue weighted by Gasteiger charge is -2.22. The number of nitrogens with one attached hydrogen (secondary N) is 1. The molecular formula is C25H23FN2O4. The van der Waals surface area contributed by atoms with E-state index in [2.05, 4.69) is 5.32 Å². The van der Waals surface area contributed by atoms with Crippen molar-refractivity contribution in [3.63, 3.8) is 0 Å². The molecule has 1 N–H and O–H groups in total. The summed E-state index contributed by atoms with van der Waals surface area (Å²) in [6, 6.07) is 20.3. The van der Waals surface area contributed by atoms with Crippen molar-refractivity contribution in [2.45, 2.75) is 19.6 Å². The van der Waals surface area contributed by atoms with E-state index in [1.54, 1.807) is 36.1 Å². The number of benzene rings is 3. The number of halogens is 1. The molecule has 0 radical (unpaired) electrons.